The SMILES string of the molecule is C/C=C\C.C=C.C=C/C=C\C=C.C=Cc1c(C=C)n(-c2ccc(-c3nc(C)nc(-c4ccc(-n5c6c(c7ccccc75)CCC=C6)cc4)n3)cc2)c2ccccc12. The van der Waals surface area contributed by atoms with Crippen LogP contribution in [0.1, 0.15) is 48.6 Å². The van der Waals surface area contributed by atoms with E-state index in [0.717, 1.165) is 57.5 Å². The molecule has 7 aromatic rings. The van der Waals surface area contributed by atoms with Crippen molar-refractivity contribution in [2.24, 2.45) is 0 Å². The molecule has 0 radical (unpaired) electrons. The van der Waals surface area contributed by atoms with Gasteiger partial charge in [0.25, 0.3) is 0 Å². The van der Waals surface area contributed by atoms with E-state index in [4.69, 9.17) is 15.0 Å². The van der Waals surface area contributed by atoms with Gasteiger partial charge in [0.15, 0.2) is 11.6 Å². The van der Waals surface area contributed by atoms with E-state index in [1.807, 2.05) is 57.2 Å². The van der Waals surface area contributed by atoms with Crippen LogP contribution < -0.4 is 0 Å². The number of fused-ring (bicyclic) bond motifs is 4. The van der Waals surface area contributed by atoms with Crippen LogP contribution in [0.25, 0.3) is 74.2 Å². The highest BCUT2D eigenvalue weighted by Crippen LogP contribution is 2.35. The zero-order valence-corrected chi connectivity index (χ0v) is 33.4. The van der Waals surface area contributed by atoms with Crippen molar-refractivity contribution in [3.05, 3.63) is 207 Å². The monoisotopic (exact) mass is 745 g/mol. The van der Waals surface area contributed by atoms with Gasteiger partial charge in [0.2, 0.25) is 0 Å². The molecule has 0 bridgehead atoms. The van der Waals surface area contributed by atoms with Gasteiger partial charge in [-0.2, -0.15) is 0 Å². The first-order valence-electron chi connectivity index (χ1n) is 19.1. The van der Waals surface area contributed by atoms with Gasteiger partial charge in [-0.05, 0) is 112 Å². The summed E-state index contributed by atoms with van der Waals surface area (Å²) in [4.78, 5) is 14.3. The number of benzene rings is 4. The Balaban J connectivity index is 0.000000458. The molecule has 3 aromatic heterocycles. The Morgan fingerprint density at radius 1 is 0.596 bits per heavy atom. The van der Waals surface area contributed by atoms with Crippen molar-refractivity contribution >= 4 is 40.0 Å². The number of aromatic nitrogens is 5. The molecule has 5 nitrogen and oxygen atoms in total. The highest BCUT2D eigenvalue weighted by Gasteiger charge is 2.19. The molecule has 3 heterocycles. The number of para-hydroxylation sites is 2. The van der Waals surface area contributed by atoms with Crippen LogP contribution in [0.3, 0.4) is 0 Å². The number of aryl methyl sites for hydroxylation is 2. The minimum atomic E-state index is 0.650. The predicted molar refractivity (Wildman–Crippen MR) is 248 cm³/mol. The van der Waals surface area contributed by atoms with Crippen LogP contribution in [0.4, 0.5) is 0 Å². The number of hydrogen-bond acceptors (Lipinski definition) is 3. The Morgan fingerprint density at radius 2 is 1.11 bits per heavy atom. The molecule has 4 aromatic carbocycles. The fourth-order valence-corrected chi connectivity index (χ4v) is 6.86. The third-order valence-electron chi connectivity index (χ3n) is 9.44. The first kappa shape index (κ1) is 41.1. The van der Waals surface area contributed by atoms with Crippen LogP contribution in [0, 0.1) is 6.92 Å². The molecule has 0 unspecified atom stereocenters. The molecule has 0 atom stereocenters. The third-order valence-corrected chi connectivity index (χ3v) is 9.44. The van der Waals surface area contributed by atoms with E-state index in [9.17, 15) is 0 Å². The highest BCUT2D eigenvalue weighted by atomic mass is 15.0. The molecule has 0 spiro atoms. The molecule has 284 valence electrons. The maximum absolute atomic E-state index is 4.91. The minimum Gasteiger partial charge on any atom is -0.310 e. The molecule has 0 saturated heterocycles. The number of rotatable bonds is 8. The van der Waals surface area contributed by atoms with Crippen molar-refractivity contribution in [3.63, 3.8) is 0 Å². The fraction of sp³-hybridized carbons (Fsp3) is 0.0962. The maximum atomic E-state index is 4.91. The van der Waals surface area contributed by atoms with E-state index in [1.165, 1.54) is 22.2 Å². The lowest BCUT2D eigenvalue weighted by atomic mass is 10.0. The smallest absolute Gasteiger partial charge is 0.163 e. The van der Waals surface area contributed by atoms with Crippen LogP contribution in [-0.2, 0) is 6.42 Å². The second-order valence-corrected chi connectivity index (χ2v) is 12.9. The predicted octanol–water partition coefficient (Wildman–Crippen LogP) is 13.9. The van der Waals surface area contributed by atoms with Crippen LogP contribution in [0.15, 0.2) is 179 Å². The van der Waals surface area contributed by atoms with Gasteiger partial charge in [-0.1, -0.05) is 111 Å². The second kappa shape index (κ2) is 20.0. The fourth-order valence-electron chi connectivity index (χ4n) is 6.86. The number of allylic oxidation sites excluding steroid dienone is 7. The maximum Gasteiger partial charge on any atom is 0.163 e. The van der Waals surface area contributed by atoms with E-state index in [-0.39, 0.29) is 0 Å². The lowest BCUT2D eigenvalue weighted by Crippen LogP contribution is -2.02. The molecule has 1 aliphatic carbocycles. The van der Waals surface area contributed by atoms with E-state index in [0.29, 0.717) is 17.5 Å². The summed E-state index contributed by atoms with van der Waals surface area (Å²) in [5.41, 5.74) is 11.2. The topological polar surface area (TPSA) is 48.5 Å². The lowest BCUT2D eigenvalue weighted by molar-refractivity contribution is 0.967. The average molecular weight is 746 g/mol. The molecule has 8 rings (SSSR count). The van der Waals surface area contributed by atoms with Gasteiger partial charge in [0, 0.05) is 44.5 Å². The standard InChI is InChI=1S/C40H31N5.C6H8.C4H8.C2H4/c1-4-31-32-12-6-9-15-36(32)44(35(31)5-2)29-22-18-27(19-23-29)39-41-26(3)42-40(43-39)28-20-24-30(25-21-28)45-37-16-10-7-13-33(37)34-14-8-11-17-38(34)45;1-3-5-6-4-2;1-3-4-2;1-2/h4-7,9-13,15-25H,1-2,8,14H2,3H3;3-6H,1-2H2;3-4H,1-2H3;1-2H2/b;6-5-;4-3-;. The molecule has 1 aliphatic rings. The molecular weight excluding hydrogens is 695 g/mol. The van der Waals surface area contributed by atoms with Crippen molar-refractivity contribution in [1.29, 1.82) is 0 Å². The molecule has 0 amide bonds. The summed E-state index contributed by atoms with van der Waals surface area (Å²) in [7, 11) is 0. The lowest BCUT2D eigenvalue weighted by Gasteiger charge is -2.13. The van der Waals surface area contributed by atoms with Crippen molar-refractivity contribution in [2.75, 3.05) is 0 Å². The average Bonchev–Trinajstić information content (AvgIpc) is 3.79. The summed E-state index contributed by atoms with van der Waals surface area (Å²) in [6, 6.07) is 33.9. The number of nitrogens with zero attached hydrogens (tertiary/aromatic N) is 5. The quantitative estimate of drug-likeness (QED) is 0.115. The summed E-state index contributed by atoms with van der Waals surface area (Å²) in [5, 5.41) is 2.48. The van der Waals surface area contributed by atoms with Crippen LogP contribution >= 0.6 is 0 Å². The van der Waals surface area contributed by atoms with E-state index in [2.05, 4.69) is 158 Å². The van der Waals surface area contributed by atoms with Gasteiger partial charge >= 0.3 is 0 Å². The van der Waals surface area contributed by atoms with Crippen molar-refractivity contribution in [2.45, 2.75) is 33.6 Å². The Morgan fingerprint density at radius 3 is 1.61 bits per heavy atom. The van der Waals surface area contributed by atoms with Gasteiger partial charge in [-0.25, -0.2) is 15.0 Å². The van der Waals surface area contributed by atoms with Crippen molar-refractivity contribution in [1.82, 2.24) is 24.1 Å². The molecule has 5 heteroatoms. The Hall–Kier alpha value is -7.11. The minimum absolute atomic E-state index is 0.650. The van der Waals surface area contributed by atoms with Gasteiger partial charge in [0.1, 0.15) is 5.82 Å². The zero-order chi connectivity index (χ0) is 40.7. The Labute approximate surface area is 338 Å². The molecule has 0 fully saturated rings. The van der Waals surface area contributed by atoms with E-state index < -0.39 is 0 Å². The van der Waals surface area contributed by atoms with Crippen molar-refractivity contribution < 1.29 is 0 Å². The summed E-state index contributed by atoms with van der Waals surface area (Å²) >= 11 is 0. The molecule has 0 aliphatic heterocycles. The Kier molecular flexibility index (Phi) is 14.4. The molecular formula is C52H51N5. The second-order valence-electron chi connectivity index (χ2n) is 12.9. The Bertz CT molecular complexity index is 2570. The normalized spacial score (nSPS) is 11.5. The van der Waals surface area contributed by atoms with Gasteiger partial charge < -0.3 is 9.13 Å². The van der Waals surface area contributed by atoms with Crippen molar-refractivity contribution in [3.8, 4) is 34.2 Å². The van der Waals surface area contributed by atoms with E-state index in [1.54, 1.807) is 12.2 Å². The summed E-state index contributed by atoms with van der Waals surface area (Å²) in [6.45, 7) is 27.0. The van der Waals surface area contributed by atoms with Crippen LogP contribution in [0.2, 0.25) is 0 Å². The first-order chi connectivity index (χ1) is 28.0. The summed E-state index contributed by atoms with van der Waals surface area (Å²) in [6.07, 6.45) is 21.5. The van der Waals surface area contributed by atoms with E-state index >= 15 is 0 Å². The van der Waals surface area contributed by atoms with Gasteiger partial charge in [-0.3, -0.25) is 0 Å². The highest BCUT2D eigenvalue weighted by molar-refractivity contribution is 5.95. The summed E-state index contributed by atoms with van der Waals surface area (Å²) in [5.74, 6) is 1.99. The summed E-state index contributed by atoms with van der Waals surface area (Å²) < 4.78 is 4.58. The van der Waals surface area contributed by atoms with Crippen LogP contribution in [0.5, 0.6) is 0 Å². The molecule has 0 saturated carbocycles. The molecule has 57 heavy (non-hydrogen) atoms. The molecule has 0 N–H and O–H groups in total. The van der Waals surface area contributed by atoms with Gasteiger partial charge in [0.05, 0.1) is 16.7 Å². The zero-order valence-electron chi connectivity index (χ0n) is 33.4. The van der Waals surface area contributed by atoms with Gasteiger partial charge in [-0.15, -0.1) is 13.2 Å². The third kappa shape index (κ3) is 8.90. The number of hydrogen-bond donors (Lipinski definition) is 0. The van der Waals surface area contributed by atoms with Crippen LogP contribution in [-0.4, -0.2) is 24.1 Å². The first-order valence-corrected chi connectivity index (χ1v) is 19.1. The largest absolute Gasteiger partial charge is 0.310 e.